The van der Waals surface area contributed by atoms with E-state index in [2.05, 4.69) is 17.0 Å². The fraction of sp³-hybridized carbons (Fsp3) is 0.235. The summed E-state index contributed by atoms with van der Waals surface area (Å²) in [5.41, 5.74) is 3.75. The predicted molar refractivity (Wildman–Crippen MR) is 82.4 cm³/mol. The molecule has 0 spiro atoms. The number of aromatic amines is 1. The summed E-state index contributed by atoms with van der Waals surface area (Å²) in [6, 6.07) is 8.14. The lowest BCUT2D eigenvalue weighted by atomic mass is 10.1. The third kappa shape index (κ3) is 2.27. The highest BCUT2D eigenvalue weighted by Crippen LogP contribution is 2.28. The number of para-hydroxylation sites is 1. The SMILES string of the molecule is C#CCN1CCc2c([nH]c3ccccc23)C=C1C(=O)OC. The van der Waals surface area contributed by atoms with E-state index in [1.165, 1.54) is 18.1 Å². The van der Waals surface area contributed by atoms with Gasteiger partial charge in [-0.05, 0) is 24.1 Å². The second-order valence-electron chi connectivity index (χ2n) is 4.96. The number of terminal acetylenes is 1. The zero-order valence-corrected chi connectivity index (χ0v) is 11.8. The fourth-order valence-electron chi connectivity index (χ4n) is 2.78. The Morgan fingerprint density at radius 2 is 2.29 bits per heavy atom. The molecular formula is C17H16N2O2. The van der Waals surface area contributed by atoms with Gasteiger partial charge in [0.1, 0.15) is 5.70 Å². The highest BCUT2D eigenvalue weighted by molar-refractivity contribution is 5.95. The molecular weight excluding hydrogens is 264 g/mol. The molecule has 1 aliphatic rings. The first-order valence-corrected chi connectivity index (χ1v) is 6.82. The van der Waals surface area contributed by atoms with E-state index in [-0.39, 0.29) is 5.97 Å². The standard InChI is InChI=1S/C17H16N2O2/c1-3-9-19-10-8-13-12-6-4-5-7-14(12)18-15(13)11-16(19)17(20)21-2/h1,4-7,11,18H,8-10H2,2H3. The first-order valence-electron chi connectivity index (χ1n) is 6.82. The first-order chi connectivity index (χ1) is 10.2. The lowest BCUT2D eigenvalue weighted by Crippen LogP contribution is -2.29. The van der Waals surface area contributed by atoms with Crippen LogP contribution < -0.4 is 0 Å². The van der Waals surface area contributed by atoms with Crippen molar-refractivity contribution in [1.82, 2.24) is 9.88 Å². The molecule has 3 rings (SSSR count). The number of ether oxygens (including phenoxy) is 1. The third-order valence-electron chi connectivity index (χ3n) is 3.78. The van der Waals surface area contributed by atoms with E-state index in [0.29, 0.717) is 18.8 Å². The third-order valence-corrected chi connectivity index (χ3v) is 3.78. The van der Waals surface area contributed by atoms with Gasteiger partial charge in [0, 0.05) is 23.1 Å². The van der Waals surface area contributed by atoms with Crippen LogP contribution in [-0.2, 0) is 16.0 Å². The van der Waals surface area contributed by atoms with Gasteiger partial charge in [0.15, 0.2) is 0 Å². The molecule has 106 valence electrons. The number of H-pyrrole nitrogens is 1. The van der Waals surface area contributed by atoms with Gasteiger partial charge in [0.2, 0.25) is 0 Å². The van der Waals surface area contributed by atoms with Crippen molar-refractivity contribution >= 4 is 22.9 Å². The van der Waals surface area contributed by atoms with Crippen molar-refractivity contribution in [1.29, 1.82) is 0 Å². The Bertz CT molecular complexity index is 765. The number of hydrogen-bond donors (Lipinski definition) is 1. The van der Waals surface area contributed by atoms with Crippen molar-refractivity contribution in [2.75, 3.05) is 20.2 Å². The van der Waals surface area contributed by atoms with Crippen molar-refractivity contribution in [3.05, 3.63) is 41.2 Å². The molecule has 0 saturated heterocycles. The van der Waals surface area contributed by atoms with Crippen LogP contribution in [0.25, 0.3) is 17.0 Å². The Morgan fingerprint density at radius 3 is 3.05 bits per heavy atom. The van der Waals surface area contributed by atoms with Crippen LogP contribution in [0.5, 0.6) is 0 Å². The Hall–Kier alpha value is -2.67. The maximum atomic E-state index is 12.0. The van der Waals surface area contributed by atoms with Gasteiger partial charge in [-0.3, -0.25) is 0 Å². The van der Waals surface area contributed by atoms with Crippen molar-refractivity contribution in [3.63, 3.8) is 0 Å². The molecule has 0 aliphatic carbocycles. The molecule has 0 bridgehead atoms. The van der Waals surface area contributed by atoms with Gasteiger partial charge in [0.25, 0.3) is 0 Å². The van der Waals surface area contributed by atoms with Gasteiger partial charge in [-0.15, -0.1) is 6.42 Å². The zero-order valence-electron chi connectivity index (χ0n) is 11.8. The molecule has 4 nitrogen and oxygen atoms in total. The Labute approximate surface area is 123 Å². The van der Waals surface area contributed by atoms with E-state index in [1.807, 2.05) is 29.2 Å². The number of nitrogens with zero attached hydrogens (tertiary/aromatic N) is 1. The largest absolute Gasteiger partial charge is 0.464 e. The summed E-state index contributed by atoms with van der Waals surface area (Å²) in [4.78, 5) is 17.3. The first kappa shape index (κ1) is 13.3. The molecule has 4 heteroatoms. The minimum atomic E-state index is -0.364. The molecule has 0 radical (unpaired) electrons. The molecule has 0 fully saturated rings. The number of carbonyl (C=O) groups excluding carboxylic acids is 1. The minimum absolute atomic E-state index is 0.364. The summed E-state index contributed by atoms with van der Waals surface area (Å²) < 4.78 is 4.88. The highest BCUT2D eigenvalue weighted by Gasteiger charge is 2.23. The van der Waals surface area contributed by atoms with Crippen LogP contribution in [0.1, 0.15) is 11.3 Å². The second-order valence-corrected chi connectivity index (χ2v) is 4.96. The van der Waals surface area contributed by atoms with Crippen LogP contribution in [0.4, 0.5) is 0 Å². The number of fused-ring (bicyclic) bond motifs is 3. The number of methoxy groups -OCH3 is 1. The molecule has 2 heterocycles. The number of rotatable bonds is 2. The summed E-state index contributed by atoms with van der Waals surface area (Å²) >= 11 is 0. The van der Waals surface area contributed by atoms with Gasteiger partial charge >= 0.3 is 5.97 Å². The molecule has 0 saturated carbocycles. The van der Waals surface area contributed by atoms with Gasteiger partial charge in [0.05, 0.1) is 13.7 Å². The average molecular weight is 280 g/mol. The van der Waals surface area contributed by atoms with Gasteiger partial charge in [-0.1, -0.05) is 24.1 Å². The summed E-state index contributed by atoms with van der Waals surface area (Å²) in [5.74, 6) is 2.23. The molecule has 21 heavy (non-hydrogen) atoms. The molecule has 2 aromatic rings. The molecule has 0 amide bonds. The summed E-state index contributed by atoms with van der Waals surface area (Å²) in [6.45, 7) is 1.09. The van der Waals surface area contributed by atoms with Crippen LogP contribution in [-0.4, -0.2) is 36.1 Å². The molecule has 1 N–H and O–H groups in total. The number of nitrogens with one attached hydrogen (secondary N) is 1. The number of aromatic nitrogens is 1. The van der Waals surface area contributed by atoms with E-state index in [1.54, 1.807) is 0 Å². The second kappa shape index (κ2) is 5.37. The number of benzene rings is 1. The minimum Gasteiger partial charge on any atom is -0.464 e. The van der Waals surface area contributed by atoms with E-state index in [9.17, 15) is 4.79 Å². The van der Waals surface area contributed by atoms with Crippen molar-refractivity contribution < 1.29 is 9.53 Å². The molecule has 1 aliphatic heterocycles. The summed E-state index contributed by atoms with van der Waals surface area (Å²) in [7, 11) is 1.38. The van der Waals surface area contributed by atoms with E-state index < -0.39 is 0 Å². The number of hydrogen-bond acceptors (Lipinski definition) is 3. The highest BCUT2D eigenvalue weighted by atomic mass is 16.5. The van der Waals surface area contributed by atoms with E-state index >= 15 is 0 Å². The normalized spacial score (nSPS) is 14.1. The van der Waals surface area contributed by atoms with Gasteiger partial charge in [-0.2, -0.15) is 0 Å². The average Bonchev–Trinajstić information content (AvgIpc) is 2.76. The molecule has 0 atom stereocenters. The lowest BCUT2D eigenvalue weighted by Gasteiger charge is -2.21. The molecule has 1 aromatic heterocycles. The fourth-order valence-corrected chi connectivity index (χ4v) is 2.78. The maximum absolute atomic E-state index is 12.0. The van der Waals surface area contributed by atoms with Crippen LogP contribution in [0.2, 0.25) is 0 Å². The summed E-state index contributed by atoms with van der Waals surface area (Å²) in [5, 5.41) is 1.19. The van der Waals surface area contributed by atoms with E-state index in [0.717, 1.165) is 17.6 Å². The number of carbonyl (C=O) groups is 1. The quantitative estimate of drug-likeness (QED) is 0.677. The monoisotopic (exact) mass is 280 g/mol. The zero-order chi connectivity index (χ0) is 14.8. The van der Waals surface area contributed by atoms with Crippen LogP contribution in [0, 0.1) is 12.3 Å². The van der Waals surface area contributed by atoms with Crippen molar-refractivity contribution in [3.8, 4) is 12.3 Å². The Kier molecular flexibility index (Phi) is 3.41. The predicted octanol–water partition coefficient (Wildman–Crippen LogP) is 2.17. The van der Waals surface area contributed by atoms with Crippen LogP contribution >= 0.6 is 0 Å². The van der Waals surface area contributed by atoms with E-state index in [4.69, 9.17) is 11.2 Å². The topological polar surface area (TPSA) is 45.3 Å². The maximum Gasteiger partial charge on any atom is 0.354 e. The smallest absolute Gasteiger partial charge is 0.354 e. The number of esters is 1. The van der Waals surface area contributed by atoms with Crippen LogP contribution in [0.3, 0.4) is 0 Å². The Morgan fingerprint density at radius 1 is 1.48 bits per heavy atom. The molecule has 0 unspecified atom stereocenters. The Balaban J connectivity index is 2.13. The lowest BCUT2D eigenvalue weighted by molar-refractivity contribution is -0.137. The van der Waals surface area contributed by atoms with Crippen LogP contribution in [0.15, 0.2) is 30.0 Å². The van der Waals surface area contributed by atoms with Gasteiger partial charge < -0.3 is 14.6 Å². The molecule has 1 aromatic carbocycles. The van der Waals surface area contributed by atoms with Crippen molar-refractivity contribution in [2.45, 2.75) is 6.42 Å². The van der Waals surface area contributed by atoms with Gasteiger partial charge in [-0.25, -0.2) is 4.79 Å². The summed E-state index contributed by atoms with van der Waals surface area (Å²) in [6.07, 6.45) is 8.08. The van der Waals surface area contributed by atoms with Crippen molar-refractivity contribution in [2.24, 2.45) is 0 Å².